The Kier molecular flexibility index (Phi) is 8.14. The van der Waals surface area contributed by atoms with Crippen LogP contribution in [0.3, 0.4) is 0 Å². The largest absolute Gasteiger partial charge is 0.515 e. The third-order valence-corrected chi connectivity index (χ3v) is 6.31. The Hall–Kier alpha value is -3.56. The van der Waals surface area contributed by atoms with Gasteiger partial charge < -0.3 is 19.5 Å². The van der Waals surface area contributed by atoms with Crippen molar-refractivity contribution in [2.75, 3.05) is 14.1 Å². The standard InChI is InChI=1S/C15H22N2O3.C13H17NO4/c1-15(2,3)20-14(19)17-12-8-6-7-10(12)11(13(17)18)9-16(4)5;1-13(2,3)18-12(17)14-10-6-4-5-8(10)9(7-15)11(14)16/h6,8-10,12H,7H2,1-5H3;4,6-8,10,15H,5H2,1-3H3/b11-9-;9-7-. The van der Waals surface area contributed by atoms with E-state index >= 15 is 0 Å². The van der Waals surface area contributed by atoms with Gasteiger partial charge in [-0.2, -0.15) is 0 Å². The Bertz CT molecular complexity index is 1100. The summed E-state index contributed by atoms with van der Waals surface area (Å²) in [6.07, 6.45) is 10.5. The molecule has 0 radical (unpaired) electrons. The number of fused-ring (bicyclic) bond motifs is 2. The first kappa shape index (κ1) is 29.0. The van der Waals surface area contributed by atoms with Gasteiger partial charge in [0.25, 0.3) is 11.8 Å². The number of likely N-dealkylation sites (tertiary alicyclic amines) is 2. The smallest absolute Gasteiger partial charge is 0.417 e. The summed E-state index contributed by atoms with van der Waals surface area (Å²) in [5.41, 5.74) is -0.309. The predicted molar refractivity (Wildman–Crippen MR) is 141 cm³/mol. The van der Waals surface area contributed by atoms with Crippen LogP contribution in [-0.2, 0) is 19.1 Å². The van der Waals surface area contributed by atoms with Crippen LogP contribution < -0.4 is 0 Å². The second-order valence-corrected chi connectivity index (χ2v) is 12.0. The molecule has 0 saturated carbocycles. The molecule has 38 heavy (non-hydrogen) atoms. The van der Waals surface area contributed by atoms with E-state index in [9.17, 15) is 19.2 Å². The number of nitrogens with zero attached hydrogens (tertiary/aromatic N) is 3. The molecule has 0 aromatic heterocycles. The predicted octanol–water partition coefficient (Wildman–Crippen LogP) is 4.30. The summed E-state index contributed by atoms with van der Waals surface area (Å²) in [6, 6.07) is -0.533. The molecule has 10 heteroatoms. The molecule has 4 atom stereocenters. The van der Waals surface area contributed by atoms with Crippen molar-refractivity contribution in [3.63, 3.8) is 0 Å². The third kappa shape index (κ3) is 6.11. The minimum absolute atomic E-state index is 0.0532. The molecule has 208 valence electrons. The van der Waals surface area contributed by atoms with Gasteiger partial charge in [0.1, 0.15) is 11.2 Å². The molecule has 10 nitrogen and oxygen atoms in total. The normalized spacial score (nSPS) is 28.0. The van der Waals surface area contributed by atoms with Crippen molar-refractivity contribution in [3.05, 3.63) is 47.9 Å². The fraction of sp³-hybridized carbons (Fsp3) is 0.571. The molecule has 2 fully saturated rings. The van der Waals surface area contributed by atoms with Gasteiger partial charge >= 0.3 is 12.2 Å². The summed E-state index contributed by atoms with van der Waals surface area (Å²) < 4.78 is 10.6. The van der Waals surface area contributed by atoms with E-state index in [0.29, 0.717) is 12.0 Å². The molecule has 4 aliphatic rings. The van der Waals surface area contributed by atoms with Gasteiger partial charge in [-0.05, 0) is 54.4 Å². The van der Waals surface area contributed by atoms with Crippen molar-refractivity contribution in [2.45, 2.75) is 77.7 Å². The summed E-state index contributed by atoms with van der Waals surface area (Å²) in [7, 11) is 3.74. The molecule has 4 rings (SSSR count). The first-order valence-electron chi connectivity index (χ1n) is 12.7. The van der Waals surface area contributed by atoms with E-state index in [4.69, 9.17) is 14.6 Å². The van der Waals surface area contributed by atoms with Crippen LogP contribution in [0.5, 0.6) is 0 Å². The second-order valence-electron chi connectivity index (χ2n) is 12.0. The van der Waals surface area contributed by atoms with Crippen LogP contribution in [0.15, 0.2) is 47.9 Å². The van der Waals surface area contributed by atoms with Gasteiger partial charge in [0.2, 0.25) is 0 Å². The van der Waals surface area contributed by atoms with E-state index < -0.39 is 29.3 Å². The van der Waals surface area contributed by atoms with E-state index in [0.717, 1.165) is 17.6 Å². The highest BCUT2D eigenvalue weighted by atomic mass is 16.6. The van der Waals surface area contributed by atoms with Gasteiger partial charge in [0.15, 0.2) is 0 Å². The van der Waals surface area contributed by atoms with E-state index in [1.165, 1.54) is 4.90 Å². The first-order valence-corrected chi connectivity index (χ1v) is 12.7. The van der Waals surface area contributed by atoms with E-state index in [1.54, 1.807) is 47.7 Å². The van der Waals surface area contributed by atoms with Crippen LogP contribution in [0.1, 0.15) is 54.4 Å². The number of rotatable bonds is 1. The van der Waals surface area contributed by atoms with Crippen LogP contribution in [0.2, 0.25) is 0 Å². The number of amides is 4. The SMILES string of the molecule is CC(C)(C)OC(=O)N1C(=O)/C(=C\O)C2CC=CC21.CN(C)/C=C1\C(=O)N(C(=O)OC(C)(C)C)C2C=CCC12. The zero-order chi connectivity index (χ0) is 28.6. The number of allylic oxidation sites excluding steroid dienone is 2. The fourth-order valence-corrected chi connectivity index (χ4v) is 4.91. The van der Waals surface area contributed by atoms with Crippen LogP contribution in [0.25, 0.3) is 0 Å². The second kappa shape index (κ2) is 10.7. The number of hydrogen-bond donors (Lipinski definition) is 1. The maximum absolute atomic E-state index is 12.5. The lowest BCUT2D eigenvalue weighted by Gasteiger charge is -2.25. The molecule has 2 aliphatic heterocycles. The quantitative estimate of drug-likeness (QED) is 0.304. The Balaban J connectivity index is 0.000000212. The van der Waals surface area contributed by atoms with Crippen LogP contribution in [0.4, 0.5) is 9.59 Å². The van der Waals surface area contributed by atoms with Crippen LogP contribution >= 0.6 is 0 Å². The van der Waals surface area contributed by atoms with Crippen LogP contribution in [-0.4, -0.2) is 81.2 Å². The van der Waals surface area contributed by atoms with Crippen molar-refractivity contribution >= 4 is 24.0 Å². The number of carbonyl (C=O) groups excluding carboxylic acids is 4. The molecule has 0 aromatic rings. The number of aliphatic hydroxyl groups excluding tert-OH is 1. The summed E-state index contributed by atoms with van der Waals surface area (Å²) in [5.74, 6) is -0.800. The third-order valence-electron chi connectivity index (χ3n) is 6.31. The lowest BCUT2D eigenvalue weighted by Crippen LogP contribution is -2.42. The highest BCUT2D eigenvalue weighted by molar-refractivity contribution is 6.07. The molecule has 2 saturated heterocycles. The minimum atomic E-state index is -0.661. The summed E-state index contributed by atoms with van der Waals surface area (Å²) in [5, 5.41) is 9.13. The maximum atomic E-state index is 12.5. The average Bonchev–Trinajstić information content (AvgIpc) is 3.49. The maximum Gasteiger partial charge on any atom is 0.417 e. The van der Waals surface area contributed by atoms with Crippen molar-refractivity contribution in [2.24, 2.45) is 11.8 Å². The van der Waals surface area contributed by atoms with Gasteiger partial charge in [-0.25, -0.2) is 19.4 Å². The van der Waals surface area contributed by atoms with Crippen LogP contribution in [0, 0.1) is 11.8 Å². The molecular formula is C28H39N3O7. The lowest BCUT2D eigenvalue weighted by molar-refractivity contribution is -0.126. The number of hydrogen-bond acceptors (Lipinski definition) is 8. The van der Waals surface area contributed by atoms with Crippen molar-refractivity contribution in [1.29, 1.82) is 0 Å². The average molecular weight is 530 g/mol. The Labute approximate surface area is 224 Å². The van der Waals surface area contributed by atoms with Crippen molar-refractivity contribution in [3.8, 4) is 0 Å². The van der Waals surface area contributed by atoms with Gasteiger partial charge in [0, 0.05) is 37.7 Å². The van der Waals surface area contributed by atoms with Crippen molar-refractivity contribution in [1.82, 2.24) is 14.7 Å². The Morgan fingerprint density at radius 2 is 1.24 bits per heavy atom. The highest BCUT2D eigenvalue weighted by Crippen LogP contribution is 2.40. The summed E-state index contributed by atoms with van der Waals surface area (Å²) >= 11 is 0. The van der Waals surface area contributed by atoms with Crippen molar-refractivity contribution < 1.29 is 33.8 Å². The molecule has 1 N–H and O–H groups in total. The topological polar surface area (TPSA) is 117 Å². The molecule has 4 unspecified atom stereocenters. The van der Waals surface area contributed by atoms with E-state index in [1.807, 2.05) is 43.3 Å². The summed E-state index contributed by atoms with van der Waals surface area (Å²) in [4.78, 5) is 53.0. The monoisotopic (exact) mass is 529 g/mol. The zero-order valence-corrected chi connectivity index (χ0v) is 23.4. The fourth-order valence-electron chi connectivity index (χ4n) is 4.91. The Morgan fingerprint density at radius 3 is 1.61 bits per heavy atom. The Morgan fingerprint density at radius 1 is 0.842 bits per heavy atom. The number of carbonyl (C=O) groups is 4. The van der Waals surface area contributed by atoms with Gasteiger partial charge in [-0.1, -0.05) is 24.3 Å². The minimum Gasteiger partial charge on any atom is -0.515 e. The summed E-state index contributed by atoms with van der Waals surface area (Å²) in [6.45, 7) is 10.6. The highest BCUT2D eigenvalue weighted by Gasteiger charge is 2.50. The number of aliphatic hydroxyl groups is 1. The zero-order valence-electron chi connectivity index (χ0n) is 23.4. The molecule has 0 aromatic carbocycles. The molecular weight excluding hydrogens is 490 g/mol. The number of ether oxygens (including phenoxy) is 2. The van der Waals surface area contributed by atoms with E-state index in [2.05, 4.69) is 0 Å². The number of imide groups is 2. The molecule has 0 bridgehead atoms. The van der Waals surface area contributed by atoms with Gasteiger partial charge in [-0.3, -0.25) is 9.59 Å². The van der Waals surface area contributed by atoms with E-state index in [-0.39, 0.29) is 35.4 Å². The molecule has 0 spiro atoms. The van der Waals surface area contributed by atoms with Gasteiger partial charge in [-0.15, -0.1) is 0 Å². The first-order chi connectivity index (χ1) is 17.6. The molecule has 2 aliphatic carbocycles. The molecule has 4 amide bonds. The lowest BCUT2D eigenvalue weighted by atomic mass is 9.98. The molecule has 2 heterocycles. The van der Waals surface area contributed by atoms with Gasteiger partial charge in [0.05, 0.1) is 23.9 Å².